The fourth-order valence-electron chi connectivity index (χ4n) is 3.52. The second kappa shape index (κ2) is 7.45. The first kappa shape index (κ1) is 16.5. The molecule has 1 unspecified atom stereocenters. The molecule has 23 heavy (non-hydrogen) atoms. The number of piperazine rings is 1. The summed E-state index contributed by atoms with van der Waals surface area (Å²) in [5, 5.41) is 4.02. The molecule has 0 spiro atoms. The summed E-state index contributed by atoms with van der Waals surface area (Å²) in [6.07, 6.45) is 3.37. The van der Waals surface area contributed by atoms with Crippen molar-refractivity contribution in [2.45, 2.75) is 45.7 Å². The van der Waals surface area contributed by atoms with Gasteiger partial charge in [-0.3, -0.25) is 9.69 Å². The van der Waals surface area contributed by atoms with Crippen molar-refractivity contribution in [2.24, 2.45) is 0 Å². The first-order valence-electron chi connectivity index (χ1n) is 8.88. The fraction of sp³-hybridized carbons (Fsp3) is 0.765. The second-order valence-corrected chi connectivity index (χ2v) is 6.73. The Balaban J connectivity index is 1.56. The number of hydrogen-bond acceptors (Lipinski definition) is 5. The summed E-state index contributed by atoms with van der Waals surface area (Å²) >= 11 is 0. The van der Waals surface area contributed by atoms with Gasteiger partial charge < -0.3 is 14.3 Å². The van der Waals surface area contributed by atoms with Crippen LogP contribution in [0, 0.1) is 0 Å². The van der Waals surface area contributed by atoms with Gasteiger partial charge >= 0.3 is 0 Å². The van der Waals surface area contributed by atoms with E-state index in [9.17, 15) is 4.79 Å². The largest absolute Gasteiger partial charge is 0.359 e. The van der Waals surface area contributed by atoms with Gasteiger partial charge in [-0.1, -0.05) is 12.1 Å². The molecule has 2 aliphatic heterocycles. The van der Waals surface area contributed by atoms with Gasteiger partial charge in [0.1, 0.15) is 0 Å². The Morgan fingerprint density at radius 3 is 2.65 bits per heavy atom. The summed E-state index contributed by atoms with van der Waals surface area (Å²) in [6.45, 7) is 11.3. The van der Waals surface area contributed by atoms with Gasteiger partial charge in [0.2, 0.25) is 0 Å². The van der Waals surface area contributed by atoms with E-state index in [1.165, 1.54) is 6.42 Å². The van der Waals surface area contributed by atoms with Gasteiger partial charge in [-0.25, -0.2) is 0 Å². The van der Waals surface area contributed by atoms with E-state index in [1.807, 2.05) is 11.0 Å². The SMILES string of the molecule is CCN1CCN(Cc2cc(C(=O)N3CCCCC3C)no2)CC1. The number of piperidine rings is 1. The van der Waals surface area contributed by atoms with E-state index in [-0.39, 0.29) is 5.91 Å². The Kier molecular flexibility index (Phi) is 5.33. The molecule has 1 aromatic heterocycles. The van der Waals surface area contributed by atoms with Crippen LogP contribution in [0.4, 0.5) is 0 Å². The smallest absolute Gasteiger partial charge is 0.276 e. The Hall–Kier alpha value is -1.40. The molecule has 6 heteroatoms. The molecule has 1 aromatic rings. The molecule has 0 aromatic carbocycles. The number of hydrogen-bond donors (Lipinski definition) is 0. The molecule has 1 atom stereocenters. The van der Waals surface area contributed by atoms with Crippen LogP contribution in [-0.4, -0.2) is 71.1 Å². The van der Waals surface area contributed by atoms with E-state index in [2.05, 4.69) is 28.8 Å². The molecular formula is C17H28N4O2. The van der Waals surface area contributed by atoms with Crippen molar-refractivity contribution in [1.29, 1.82) is 0 Å². The average molecular weight is 320 g/mol. The van der Waals surface area contributed by atoms with Crippen molar-refractivity contribution in [3.63, 3.8) is 0 Å². The topological polar surface area (TPSA) is 52.8 Å². The highest BCUT2D eigenvalue weighted by atomic mass is 16.5. The highest BCUT2D eigenvalue weighted by Crippen LogP contribution is 2.19. The van der Waals surface area contributed by atoms with Crippen LogP contribution in [0.3, 0.4) is 0 Å². The number of aromatic nitrogens is 1. The van der Waals surface area contributed by atoms with Crippen LogP contribution in [0.25, 0.3) is 0 Å². The third kappa shape index (κ3) is 3.93. The lowest BCUT2D eigenvalue weighted by atomic mass is 10.0. The highest BCUT2D eigenvalue weighted by molar-refractivity contribution is 5.92. The lowest BCUT2D eigenvalue weighted by molar-refractivity contribution is 0.0624. The molecule has 0 radical (unpaired) electrons. The number of nitrogens with zero attached hydrogens (tertiary/aromatic N) is 4. The second-order valence-electron chi connectivity index (χ2n) is 6.73. The summed E-state index contributed by atoms with van der Waals surface area (Å²) in [4.78, 5) is 19.3. The maximum absolute atomic E-state index is 12.6. The predicted molar refractivity (Wildman–Crippen MR) is 88.2 cm³/mol. The zero-order valence-corrected chi connectivity index (χ0v) is 14.3. The van der Waals surface area contributed by atoms with Gasteiger partial charge in [-0.2, -0.15) is 0 Å². The lowest BCUT2D eigenvalue weighted by Crippen LogP contribution is -2.45. The van der Waals surface area contributed by atoms with Gasteiger partial charge in [-0.15, -0.1) is 0 Å². The molecule has 3 heterocycles. The monoisotopic (exact) mass is 320 g/mol. The van der Waals surface area contributed by atoms with E-state index in [4.69, 9.17) is 4.52 Å². The molecular weight excluding hydrogens is 292 g/mol. The normalized spacial score (nSPS) is 24.1. The van der Waals surface area contributed by atoms with Crippen molar-refractivity contribution < 1.29 is 9.32 Å². The van der Waals surface area contributed by atoms with Crippen LogP contribution >= 0.6 is 0 Å². The minimum atomic E-state index is 0.0167. The molecule has 0 aliphatic carbocycles. The van der Waals surface area contributed by atoms with Crippen LogP contribution in [0.1, 0.15) is 49.4 Å². The first-order valence-corrected chi connectivity index (χ1v) is 8.88. The van der Waals surface area contributed by atoms with E-state index in [1.54, 1.807) is 0 Å². The quantitative estimate of drug-likeness (QED) is 0.847. The Bertz CT molecular complexity index is 522. The van der Waals surface area contributed by atoms with Crippen LogP contribution in [0.15, 0.2) is 10.6 Å². The highest BCUT2D eigenvalue weighted by Gasteiger charge is 2.27. The maximum Gasteiger partial charge on any atom is 0.276 e. The minimum absolute atomic E-state index is 0.0167. The summed E-state index contributed by atoms with van der Waals surface area (Å²) in [5.74, 6) is 0.811. The molecule has 3 rings (SSSR count). The number of amides is 1. The zero-order valence-electron chi connectivity index (χ0n) is 14.3. The van der Waals surface area contributed by atoms with Crippen molar-refractivity contribution in [3.8, 4) is 0 Å². The van der Waals surface area contributed by atoms with Crippen molar-refractivity contribution in [2.75, 3.05) is 39.3 Å². The summed E-state index contributed by atoms with van der Waals surface area (Å²) < 4.78 is 5.41. The van der Waals surface area contributed by atoms with Crippen molar-refractivity contribution in [1.82, 2.24) is 19.9 Å². The van der Waals surface area contributed by atoms with Crippen LogP contribution in [0.2, 0.25) is 0 Å². The third-order valence-corrected chi connectivity index (χ3v) is 5.13. The number of rotatable bonds is 4. The average Bonchev–Trinajstić information content (AvgIpc) is 3.04. The molecule has 0 bridgehead atoms. The van der Waals surface area contributed by atoms with E-state index < -0.39 is 0 Å². The number of likely N-dealkylation sites (N-methyl/N-ethyl adjacent to an activating group) is 1. The maximum atomic E-state index is 12.6. The summed E-state index contributed by atoms with van der Waals surface area (Å²) in [6, 6.07) is 2.13. The Morgan fingerprint density at radius 1 is 1.22 bits per heavy atom. The van der Waals surface area contributed by atoms with Crippen LogP contribution in [-0.2, 0) is 6.54 Å². The van der Waals surface area contributed by atoms with E-state index in [0.29, 0.717) is 11.7 Å². The predicted octanol–water partition coefficient (Wildman–Crippen LogP) is 1.83. The van der Waals surface area contributed by atoms with Crippen LogP contribution < -0.4 is 0 Å². The summed E-state index contributed by atoms with van der Waals surface area (Å²) in [7, 11) is 0. The molecule has 2 aliphatic rings. The summed E-state index contributed by atoms with van der Waals surface area (Å²) in [5.41, 5.74) is 0.459. The molecule has 0 N–H and O–H groups in total. The van der Waals surface area contributed by atoms with E-state index in [0.717, 1.165) is 64.4 Å². The minimum Gasteiger partial charge on any atom is -0.359 e. The molecule has 2 fully saturated rings. The molecule has 6 nitrogen and oxygen atoms in total. The first-order chi connectivity index (χ1) is 11.2. The van der Waals surface area contributed by atoms with Crippen molar-refractivity contribution >= 4 is 5.91 Å². The van der Waals surface area contributed by atoms with Crippen molar-refractivity contribution in [3.05, 3.63) is 17.5 Å². The standard InChI is InChI=1S/C17H28N4O2/c1-3-19-8-10-20(11-9-19)13-15-12-16(18-23-15)17(22)21-7-5-4-6-14(21)2/h12,14H,3-11,13H2,1-2H3. The number of carbonyl (C=O) groups excluding carboxylic acids is 1. The van der Waals surface area contributed by atoms with Gasteiger partial charge in [-0.05, 0) is 32.7 Å². The van der Waals surface area contributed by atoms with Gasteiger partial charge in [0.25, 0.3) is 5.91 Å². The number of carbonyl (C=O) groups is 1. The van der Waals surface area contributed by atoms with Gasteiger partial charge in [0.05, 0.1) is 6.54 Å². The molecule has 1 amide bonds. The van der Waals surface area contributed by atoms with Crippen LogP contribution in [0.5, 0.6) is 0 Å². The molecule has 2 saturated heterocycles. The Labute approximate surface area is 138 Å². The lowest BCUT2D eigenvalue weighted by Gasteiger charge is -2.33. The Morgan fingerprint density at radius 2 is 1.96 bits per heavy atom. The number of likely N-dealkylation sites (tertiary alicyclic amines) is 1. The molecule has 0 saturated carbocycles. The molecule has 128 valence electrons. The zero-order chi connectivity index (χ0) is 16.2. The van der Waals surface area contributed by atoms with E-state index >= 15 is 0 Å². The van der Waals surface area contributed by atoms with Gasteiger partial charge in [0.15, 0.2) is 11.5 Å². The fourth-order valence-corrected chi connectivity index (χ4v) is 3.52. The van der Waals surface area contributed by atoms with Gasteiger partial charge in [0, 0.05) is 44.8 Å². The third-order valence-electron chi connectivity index (χ3n) is 5.13.